The first kappa shape index (κ1) is 17.6. The number of hydrazine groups is 1. The summed E-state index contributed by atoms with van der Waals surface area (Å²) in [6.45, 7) is 0. The van der Waals surface area contributed by atoms with Gasteiger partial charge in [0.05, 0.1) is 12.8 Å². The highest BCUT2D eigenvalue weighted by atomic mass is 35.5. The Morgan fingerprint density at radius 3 is 1.87 bits per heavy atom. The Morgan fingerprint density at radius 2 is 1.30 bits per heavy atom. The van der Waals surface area contributed by atoms with E-state index in [0.717, 1.165) is 5.56 Å². The van der Waals surface area contributed by atoms with Crippen molar-refractivity contribution in [2.75, 3.05) is 0 Å². The maximum atomic E-state index is 11.9. The monoisotopic (exact) mass is 370 g/mol. The second-order valence-corrected chi connectivity index (χ2v) is 6.03. The number of rotatable bonds is 4. The van der Waals surface area contributed by atoms with Crippen LogP contribution in [0, 0.1) is 0 Å². The minimum atomic E-state index is -0.413. The van der Waals surface area contributed by atoms with Crippen LogP contribution in [0.2, 0.25) is 15.1 Å². The summed E-state index contributed by atoms with van der Waals surface area (Å²) >= 11 is 17.8. The molecule has 0 fully saturated rings. The summed E-state index contributed by atoms with van der Waals surface area (Å²) in [7, 11) is 0. The van der Waals surface area contributed by atoms with Crippen molar-refractivity contribution < 1.29 is 9.59 Å². The van der Waals surface area contributed by atoms with Gasteiger partial charge < -0.3 is 0 Å². The van der Waals surface area contributed by atoms with Crippen LogP contribution in [0.3, 0.4) is 0 Å². The van der Waals surface area contributed by atoms with Crippen LogP contribution >= 0.6 is 34.8 Å². The second-order valence-electron chi connectivity index (χ2n) is 4.78. The van der Waals surface area contributed by atoms with Crippen molar-refractivity contribution in [3.63, 3.8) is 0 Å². The number of nitrogens with one attached hydrogen (secondary N) is 2. The van der Waals surface area contributed by atoms with Crippen molar-refractivity contribution in [2.24, 2.45) is 0 Å². The van der Waals surface area contributed by atoms with E-state index >= 15 is 0 Å². The van der Waals surface area contributed by atoms with Crippen LogP contribution in [-0.4, -0.2) is 11.8 Å². The smallest absolute Gasteiger partial charge is 0.242 e. The fourth-order valence-corrected chi connectivity index (χ4v) is 2.53. The largest absolute Gasteiger partial charge is 0.273 e. The average molecular weight is 372 g/mol. The van der Waals surface area contributed by atoms with Gasteiger partial charge in [-0.05, 0) is 35.4 Å². The SMILES string of the molecule is O=C(Cc1ccc(Cl)cc1)NNC(=O)Cc1c(Cl)cccc1Cl. The lowest BCUT2D eigenvalue weighted by atomic mass is 10.1. The Balaban J connectivity index is 1.84. The van der Waals surface area contributed by atoms with Crippen LogP contribution in [0.25, 0.3) is 0 Å². The first-order valence-electron chi connectivity index (χ1n) is 6.70. The van der Waals surface area contributed by atoms with Crippen molar-refractivity contribution in [1.29, 1.82) is 0 Å². The molecule has 0 aliphatic carbocycles. The molecular formula is C16H13Cl3N2O2. The Labute approximate surface area is 148 Å². The molecule has 0 saturated heterocycles. The number of hydrogen-bond acceptors (Lipinski definition) is 2. The van der Waals surface area contributed by atoms with Gasteiger partial charge in [-0.1, -0.05) is 53.0 Å². The molecule has 2 aromatic rings. The first-order chi connectivity index (χ1) is 11.0. The molecule has 7 heteroatoms. The van der Waals surface area contributed by atoms with Gasteiger partial charge in [0.1, 0.15) is 0 Å². The van der Waals surface area contributed by atoms with E-state index in [2.05, 4.69) is 10.9 Å². The molecular weight excluding hydrogens is 359 g/mol. The number of carbonyl (C=O) groups excluding carboxylic acids is 2. The van der Waals surface area contributed by atoms with E-state index in [0.29, 0.717) is 20.6 Å². The topological polar surface area (TPSA) is 58.2 Å². The maximum absolute atomic E-state index is 11.9. The van der Waals surface area contributed by atoms with Gasteiger partial charge in [0.25, 0.3) is 0 Å². The van der Waals surface area contributed by atoms with E-state index in [1.54, 1.807) is 42.5 Å². The molecule has 0 heterocycles. The highest BCUT2D eigenvalue weighted by Crippen LogP contribution is 2.24. The molecule has 120 valence electrons. The number of carbonyl (C=O) groups is 2. The summed E-state index contributed by atoms with van der Waals surface area (Å²) in [4.78, 5) is 23.6. The molecule has 4 nitrogen and oxygen atoms in total. The standard InChI is InChI=1S/C16H13Cl3N2O2/c17-11-6-4-10(5-7-11)8-15(22)20-21-16(23)9-12-13(18)2-1-3-14(12)19/h1-7H,8-9H2,(H,20,22)(H,21,23). The predicted molar refractivity (Wildman–Crippen MR) is 91.6 cm³/mol. The lowest BCUT2D eigenvalue weighted by Crippen LogP contribution is -2.43. The van der Waals surface area contributed by atoms with E-state index < -0.39 is 5.91 Å². The van der Waals surface area contributed by atoms with Crippen molar-refractivity contribution in [3.05, 3.63) is 68.7 Å². The van der Waals surface area contributed by atoms with Crippen molar-refractivity contribution in [3.8, 4) is 0 Å². The molecule has 0 bridgehead atoms. The van der Waals surface area contributed by atoms with Crippen LogP contribution in [0.15, 0.2) is 42.5 Å². The van der Waals surface area contributed by atoms with E-state index in [9.17, 15) is 9.59 Å². The van der Waals surface area contributed by atoms with Gasteiger partial charge >= 0.3 is 0 Å². The van der Waals surface area contributed by atoms with Crippen molar-refractivity contribution in [2.45, 2.75) is 12.8 Å². The van der Waals surface area contributed by atoms with E-state index in [4.69, 9.17) is 34.8 Å². The van der Waals surface area contributed by atoms with Crippen LogP contribution in [-0.2, 0) is 22.4 Å². The van der Waals surface area contributed by atoms with Gasteiger partial charge in [0.15, 0.2) is 0 Å². The van der Waals surface area contributed by atoms with Crippen LogP contribution < -0.4 is 10.9 Å². The molecule has 2 rings (SSSR count). The Hall–Kier alpha value is -1.75. The number of amides is 2. The lowest BCUT2D eigenvalue weighted by Gasteiger charge is -2.09. The van der Waals surface area contributed by atoms with Crippen molar-refractivity contribution in [1.82, 2.24) is 10.9 Å². The summed E-state index contributed by atoms with van der Waals surface area (Å²) in [5.74, 6) is -0.754. The summed E-state index contributed by atoms with van der Waals surface area (Å²) in [6.07, 6.45) is 0.101. The molecule has 0 radical (unpaired) electrons. The minimum Gasteiger partial charge on any atom is -0.273 e. The van der Waals surface area contributed by atoms with E-state index in [1.165, 1.54) is 0 Å². The summed E-state index contributed by atoms with van der Waals surface area (Å²) in [5.41, 5.74) is 5.98. The molecule has 0 atom stereocenters. The van der Waals surface area contributed by atoms with Gasteiger partial charge in [0, 0.05) is 15.1 Å². The third kappa shape index (κ3) is 5.43. The van der Waals surface area contributed by atoms with Gasteiger partial charge in [0.2, 0.25) is 11.8 Å². The fraction of sp³-hybridized carbons (Fsp3) is 0.125. The molecule has 0 aromatic heterocycles. The normalized spacial score (nSPS) is 10.2. The number of halogens is 3. The highest BCUT2D eigenvalue weighted by Gasteiger charge is 2.11. The summed E-state index contributed by atoms with van der Waals surface area (Å²) in [5, 5.41) is 1.40. The zero-order valence-electron chi connectivity index (χ0n) is 11.9. The minimum absolute atomic E-state index is 0.0280. The molecule has 2 N–H and O–H groups in total. The van der Waals surface area contributed by atoms with Crippen LogP contribution in [0.4, 0.5) is 0 Å². The maximum Gasteiger partial charge on any atom is 0.242 e. The Bertz CT molecular complexity index is 698. The van der Waals surface area contributed by atoms with Crippen LogP contribution in [0.5, 0.6) is 0 Å². The zero-order valence-corrected chi connectivity index (χ0v) is 14.2. The lowest BCUT2D eigenvalue weighted by molar-refractivity contribution is -0.128. The molecule has 2 aromatic carbocycles. The van der Waals surface area contributed by atoms with Gasteiger partial charge in [-0.15, -0.1) is 0 Å². The Morgan fingerprint density at radius 1 is 0.783 bits per heavy atom. The summed E-state index contributed by atoms with van der Waals surface area (Å²) < 4.78 is 0. The second kappa shape index (κ2) is 8.20. The van der Waals surface area contributed by atoms with Gasteiger partial charge in [-0.25, -0.2) is 0 Å². The fourth-order valence-electron chi connectivity index (χ4n) is 1.88. The zero-order chi connectivity index (χ0) is 16.8. The third-order valence-electron chi connectivity index (χ3n) is 3.02. The van der Waals surface area contributed by atoms with Crippen LogP contribution in [0.1, 0.15) is 11.1 Å². The molecule has 2 amide bonds. The molecule has 0 spiro atoms. The summed E-state index contributed by atoms with van der Waals surface area (Å²) in [6, 6.07) is 11.9. The van der Waals surface area contributed by atoms with Gasteiger partial charge in [-0.3, -0.25) is 20.4 Å². The molecule has 0 saturated carbocycles. The molecule has 23 heavy (non-hydrogen) atoms. The average Bonchev–Trinajstić information content (AvgIpc) is 2.51. The molecule has 0 aliphatic heterocycles. The Kier molecular flexibility index (Phi) is 6.28. The van der Waals surface area contributed by atoms with E-state index in [1.807, 2.05) is 0 Å². The number of hydrogen-bond donors (Lipinski definition) is 2. The number of benzene rings is 2. The first-order valence-corrected chi connectivity index (χ1v) is 7.84. The quantitative estimate of drug-likeness (QED) is 0.807. The highest BCUT2D eigenvalue weighted by molar-refractivity contribution is 6.36. The predicted octanol–water partition coefficient (Wildman–Crippen LogP) is 3.58. The molecule has 0 unspecified atom stereocenters. The van der Waals surface area contributed by atoms with Crippen molar-refractivity contribution >= 4 is 46.6 Å². The molecule has 0 aliphatic rings. The van der Waals surface area contributed by atoms with Gasteiger partial charge in [-0.2, -0.15) is 0 Å². The third-order valence-corrected chi connectivity index (χ3v) is 3.98. The van der Waals surface area contributed by atoms with E-state index in [-0.39, 0.29) is 18.7 Å².